The lowest BCUT2D eigenvalue weighted by atomic mass is 10.1. The van der Waals surface area contributed by atoms with Gasteiger partial charge in [0.25, 0.3) is 15.9 Å². The van der Waals surface area contributed by atoms with Crippen LogP contribution in [0, 0.1) is 5.92 Å². The van der Waals surface area contributed by atoms with Crippen molar-refractivity contribution in [1.82, 2.24) is 19.8 Å². The Bertz CT molecular complexity index is 1670. The highest BCUT2D eigenvalue weighted by molar-refractivity contribution is 7.92. The fraction of sp³-hybridized carbons (Fsp3) is 0.484. The van der Waals surface area contributed by atoms with Gasteiger partial charge in [-0.2, -0.15) is 0 Å². The number of halogens is 1. The molecule has 1 saturated carbocycles. The summed E-state index contributed by atoms with van der Waals surface area (Å²) in [7, 11) is -4.15. The highest BCUT2D eigenvalue weighted by atomic mass is 35.5. The number of nitrogens with zero attached hydrogens (tertiary/aromatic N) is 2. The third-order valence-corrected chi connectivity index (χ3v) is 12.2. The van der Waals surface area contributed by atoms with E-state index in [1.165, 1.54) is 15.9 Å². The van der Waals surface area contributed by atoms with Crippen molar-refractivity contribution in [3.63, 3.8) is 0 Å². The number of carbonyl (C=O) groups excluding carboxylic acids is 4. The van der Waals surface area contributed by atoms with Gasteiger partial charge in [-0.3, -0.25) is 19.3 Å². The number of sulfonamides is 1. The van der Waals surface area contributed by atoms with Crippen LogP contribution < -0.4 is 15.8 Å². The smallest absolute Gasteiger partial charge is 0.410 e. The summed E-state index contributed by atoms with van der Waals surface area (Å²) in [6.45, 7) is 0.548. The van der Waals surface area contributed by atoms with Crippen LogP contribution in [-0.4, -0.2) is 72.3 Å². The molecule has 6 rings (SSSR count). The molecule has 0 spiro atoms. The van der Waals surface area contributed by atoms with Gasteiger partial charge in [-0.15, -0.1) is 11.3 Å². The monoisotopic (exact) mass is 689 g/mol. The first-order valence-electron chi connectivity index (χ1n) is 15.4. The summed E-state index contributed by atoms with van der Waals surface area (Å²) < 4.78 is 33.8. The van der Waals surface area contributed by atoms with Gasteiger partial charge >= 0.3 is 6.09 Å². The van der Waals surface area contributed by atoms with E-state index < -0.39 is 63.5 Å². The molecule has 1 unspecified atom stereocenters. The molecule has 46 heavy (non-hydrogen) atoms. The van der Waals surface area contributed by atoms with Crippen molar-refractivity contribution < 1.29 is 32.3 Å². The number of amides is 4. The Kier molecular flexibility index (Phi) is 9.16. The second-order valence-corrected chi connectivity index (χ2v) is 15.6. The van der Waals surface area contributed by atoms with Crippen LogP contribution in [0.4, 0.5) is 4.79 Å². The summed E-state index contributed by atoms with van der Waals surface area (Å²) in [6.07, 6.45) is 6.11. The maximum Gasteiger partial charge on any atom is 0.410 e. The number of benzene rings is 1. The first-order valence-corrected chi connectivity index (χ1v) is 18.1. The highest BCUT2D eigenvalue weighted by Gasteiger charge is 2.61. The van der Waals surface area contributed by atoms with E-state index in [0.29, 0.717) is 18.0 Å². The molecule has 4 N–H and O–H groups in total. The Hall–Kier alpha value is -3.46. The highest BCUT2D eigenvalue weighted by Crippen LogP contribution is 2.46. The minimum absolute atomic E-state index is 0.0106. The average molecular weight is 690 g/mol. The molecular weight excluding hydrogens is 654 g/mol. The molecule has 1 aliphatic carbocycles. The van der Waals surface area contributed by atoms with E-state index in [1.54, 1.807) is 17.5 Å². The molecular formula is C31H36ClN5O7S2. The predicted molar refractivity (Wildman–Crippen MR) is 170 cm³/mol. The van der Waals surface area contributed by atoms with Gasteiger partial charge in [0.1, 0.15) is 21.9 Å². The molecule has 4 heterocycles. The van der Waals surface area contributed by atoms with E-state index >= 15 is 0 Å². The second-order valence-electron chi connectivity index (χ2n) is 12.3. The number of allylic oxidation sites excluding steroid dienone is 1. The van der Waals surface area contributed by atoms with Gasteiger partial charge in [0.05, 0.1) is 19.1 Å². The summed E-state index contributed by atoms with van der Waals surface area (Å²) in [6, 6.07) is 6.47. The molecule has 12 nitrogen and oxygen atoms in total. The van der Waals surface area contributed by atoms with Gasteiger partial charge in [-0.05, 0) is 54.3 Å². The lowest BCUT2D eigenvalue weighted by Crippen LogP contribution is -2.57. The van der Waals surface area contributed by atoms with Crippen LogP contribution >= 0.6 is 22.9 Å². The molecule has 2 fully saturated rings. The molecule has 15 heteroatoms. The number of carbonyl (C=O) groups is 4. The van der Waals surface area contributed by atoms with E-state index in [4.69, 9.17) is 22.1 Å². The molecule has 1 aromatic carbocycles. The molecule has 4 amide bonds. The van der Waals surface area contributed by atoms with Gasteiger partial charge in [0, 0.05) is 23.9 Å². The molecule has 0 bridgehead atoms. The number of thiophene rings is 1. The number of hydrogen-bond donors (Lipinski definition) is 3. The molecule has 2 aromatic rings. The van der Waals surface area contributed by atoms with Crippen LogP contribution in [0.25, 0.3) is 0 Å². The van der Waals surface area contributed by atoms with E-state index in [9.17, 15) is 27.6 Å². The molecule has 4 aliphatic rings. The fourth-order valence-electron chi connectivity index (χ4n) is 6.47. The number of ether oxygens (including phenoxy) is 1. The van der Waals surface area contributed by atoms with Crippen molar-refractivity contribution in [2.24, 2.45) is 11.7 Å². The third-order valence-electron chi connectivity index (χ3n) is 9.12. The SMILES string of the molecule is NC1CCCCC/C=C\[C@H]2C[C@@]2(C(=O)NS(=O)(=O)c2cccs2)NC(=O)[C@@H]2C[C@@H](OC(=O)N3Cc4cccc(Cl)c4C3)CN2C1=O. The first-order chi connectivity index (χ1) is 22.0. The predicted octanol–water partition coefficient (Wildman–Crippen LogP) is 3.05. The number of rotatable bonds is 4. The van der Waals surface area contributed by atoms with Gasteiger partial charge < -0.3 is 20.7 Å². The standard InChI is InChI=1S/C31H36ClN5O7S2/c32-23-10-6-8-19-16-36(18-22(19)23)30(41)44-21-14-25-27(38)34-31(29(40)35-46(42,43)26-12-7-13-45-26)15-20(31)9-4-2-1-3-5-11-24(33)28(39)37(25)17-21/h4,6-10,12-13,20-21,24-25H,1-3,5,11,14-18,33H2,(H,34,38)(H,35,40)/b9-4-/t20-,21+,24?,25-,31+/m0/s1. The zero-order valence-corrected chi connectivity index (χ0v) is 27.4. The number of fused-ring (bicyclic) bond motifs is 3. The van der Waals surface area contributed by atoms with Crippen LogP contribution in [-0.2, 0) is 42.2 Å². The second kappa shape index (κ2) is 13.0. The Morgan fingerprint density at radius 2 is 1.96 bits per heavy atom. The Labute approximate surface area is 276 Å². The maximum atomic E-state index is 13.9. The van der Waals surface area contributed by atoms with Crippen LogP contribution in [0.3, 0.4) is 0 Å². The average Bonchev–Trinajstić information content (AvgIpc) is 3.48. The fourth-order valence-corrected chi connectivity index (χ4v) is 8.75. The molecule has 1 aromatic heterocycles. The van der Waals surface area contributed by atoms with E-state index in [-0.39, 0.29) is 30.1 Å². The number of hydrogen-bond acceptors (Lipinski definition) is 9. The minimum Gasteiger partial charge on any atom is -0.444 e. The quantitative estimate of drug-likeness (QED) is 0.412. The summed E-state index contributed by atoms with van der Waals surface area (Å²) in [5, 5.41) is 4.94. The molecule has 5 atom stereocenters. The van der Waals surface area contributed by atoms with Crippen LogP contribution in [0.1, 0.15) is 56.1 Å². The van der Waals surface area contributed by atoms with Crippen molar-refractivity contribution >= 4 is 56.8 Å². The van der Waals surface area contributed by atoms with Gasteiger partial charge in [0.2, 0.25) is 11.8 Å². The molecule has 3 aliphatic heterocycles. The van der Waals surface area contributed by atoms with Gasteiger partial charge in [-0.1, -0.05) is 54.8 Å². The largest absolute Gasteiger partial charge is 0.444 e. The zero-order valence-electron chi connectivity index (χ0n) is 25.0. The van der Waals surface area contributed by atoms with E-state index in [1.807, 2.05) is 24.3 Å². The van der Waals surface area contributed by atoms with Gasteiger partial charge in [0.15, 0.2) is 0 Å². The van der Waals surface area contributed by atoms with Crippen molar-refractivity contribution in [2.45, 2.75) is 86.0 Å². The van der Waals surface area contributed by atoms with Gasteiger partial charge in [-0.25, -0.2) is 17.9 Å². The van der Waals surface area contributed by atoms with Crippen molar-refractivity contribution in [3.05, 3.63) is 64.0 Å². The minimum atomic E-state index is -4.15. The topological polar surface area (TPSA) is 168 Å². The Balaban J connectivity index is 1.21. The maximum absolute atomic E-state index is 13.9. The Morgan fingerprint density at radius 3 is 2.72 bits per heavy atom. The summed E-state index contributed by atoms with van der Waals surface area (Å²) in [5.41, 5.74) is 6.54. The molecule has 0 radical (unpaired) electrons. The van der Waals surface area contributed by atoms with E-state index in [2.05, 4.69) is 10.0 Å². The number of nitrogens with two attached hydrogens (primary N) is 1. The van der Waals surface area contributed by atoms with Crippen LogP contribution in [0.2, 0.25) is 5.02 Å². The molecule has 1 saturated heterocycles. The summed E-state index contributed by atoms with van der Waals surface area (Å²) in [4.78, 5) is 57.1. The third kappa shape index (κ3) is 6.53. The lowest BCUT2D eigenvalue weighted by molar-refractivity contribution is -0.140. The van der Waals surface area contributed by atoms with Crippen molar-refractivity contribution in [1.29, 1.82) is 0 Å². The first kappa shape index (κ1) is 32.5. The Morgan fingerprint density at radius 1 is 1.13 bits per heavy atom. The van der Waals surface area contributed by atoms with E-state index in [0.717, 1.165) is 48.1 Å². The normalized spacial score (nSPS) is 29.0. The zero-order chi connectivity index (χ0) is 32.6. The lowest BCUT2D eigenvalue weighted by Gasteiger charge is -2.28. The van der Waals surface area contributed by atoms with Crippen molar-refractivity contribution in [2.75, 3.05) is 6.54 Å². The summed E-state index contributed by atoms with van der Waals surface area (Å²) >= 11 is 7.28. The summed E-state index contributed by atoms with van der Waals surface area (Å²) in [5.74, 6) is -2.38. The molecule has 246 valence electrons. The van der Waals surface area contributed by atoms with Crippen LogP contribution in [0.5, 0.6) is 0 Å². The number of nitrogens with one attached hydrogen (secondary N) is 2. The van der Waals surface area contributed by atoms with Crippen molar-refractivity contribution in [3.8, 4) is 0 Å². The van der Waals surface area contributed by atoms with Crippen LogP contribution in [0.15, 0.2) is 52.1 Å².